The van der Waals surface area contributed by atoms with Crippen LogP contribution in [0.15, 0.2) is 27.2 Å². The van der Waals surface area contributed by atoms with Gasteiger partial charge in [0.05, 0.1) is 7.11 Å². The maximum Gasteiger partial charge on any atom is 0.328 e. The van der Waals surface area contributed by atoms with Gasteiger partial charge in [-0.15, -0.1) is 0 Å². The van der Waals surface area contributed by atoms with Gasteiger partial charge in [0.15, 0.2) is 0 Å². The molecular weight excluding hydrogens is 328 g/mol. The average molecular weight is 336 g/mol. The molecule has 0 spiro atoms. The highest BCUT2D eigenvalue weighted by atomic mass is 79.9. The van der Waals surface area contributed by atoms with Crippen molar-refractivity contribution >= 4 is 43.9 Å². The molecule has 1 aromatic carbocycles. The molecule has 0 bridgehead atoms. The number of aliphatic carboxylic acids is 1. The lowest BCUT2D eigenvalue weighted by atomic mass is 10.2. The summed E-state index contributed by atoms with van der Waals surface area (Å²) in [5.74, 6) is -0.376. The first-order valence-corrected chi connectivity index (χ1v) is 5.57. The zero-order valence-corrected chi connectivity index (χ0v) is 11.0. The number of hydrogen-bond donors (Lipinski definition) is 1. The van der Waals surface area contributed by atoms with Crippen LogP contribution in [0.2, 0.25) is 0 Å². The number of halogens is 2. The van der Waals surface area contributed by atoms with E-state index in [2.05, 4.69) is 31.9 Å². The van der Waals surface area contributed by atoms with Gasteiger partial charge in [0.25, 0.3) is 0 Å². The predicted molar refractivity (Wildman–Crippen MR) is 65.1 cm³/mol. The summed E-state index contributed by atoms with van der Waals surface area (Å²) in [6.45, 7) is 0. The lowest BCUT2D eigenvalue weighted by Crippen LogP contribution is -1.90. The number of carbonyl (C=O) groups is 1. The summed E-state index contributed by atoms with van der Waals surface area (Å²) in [6.07, 6.45) is 2.55. The van der Waals surface area contributed by atoms with Crippen LogP contribution in [0.4, 0.5) is 0 Å². The first kappa shape index (κ1) is 12.3. The molecule has 0 aliphatic heterocycles. The van der Waals surface area contributed by atoms with Crippen LogP contribution in [0.25, 0.3) is 6.08 Å². The van der Waals surface area contributed by atoms with Crippen molar-refractivity contribution in [3.63, 3.8) is 0 Å². The normalized spacial score (nSPS) is 10.6. The second-order valence-corrected chi connectivity index (χ2v) is 4.39. The van der Waals surface area contributed by atoms with Crippen LogP contribution in [0.1, 0.15) is 5.56 Å². The van der Waals surface area contributed by atoms with Gasteiger partial charge in [-0.3, -0.25) is 0 Å². The number of carboxylic acid groups (broad SMARTS) is 1. The van der Waals surface area contributed by atoms with Crippen LogP contribution >= 0.6 is 31.9 Å². The fourth-order valence-electron chi connectivity index (χ4n) is 1.01. The first-order valence-electron chi connectivity index (χ1n) is 3.98. The summed E-state index contributed by atoms with van der Waals surface area (Å²) in [7, 11) is 1.54. The molecular formula is C10H8Br2O3. The average Bonchev–Trinajstić information content (AvgIpc) is 2.19. The quantitative estimate of drug-likeness (QED) is 0.862. The Hall–Kier alpha value is -0.810. The van der Waals surface area contributed by atoms with Crippen LogP contribution in [0.3, 0.4) is 0 Å². The van der Waals surface area contributed by atoms with Gasteiger partial charge in [-0.25, -0.2) is 4.79 Å². The zero-order chi connectivity index (χ0) is 11.4. The van der Waals surface area contributed by atoms with Gasteiger partial charge < -0.3 is 9.84 Å². The maximum atomic E-state index is 10.4. The number of carboxylic acids is 1. The first-order chi connectivity index (χ1) is 7.04. The number of rotatable bonds is 3. The van der Waals surface area contributed by atoms with Crippen LogP contribution in [0.5, 0.6) is 5.75 Å². The molecule has 0 fully saturated rings. The molecule has 5 heteroatoms. The van der Waals surface area contributed by atoms with Crippen LogP contribution < -0.4 is 4.74 Å². The molecule has 0 saturated carbocycles. The smallest absolute Gasteiger partial charge is 0.328 e. The summed E-state index contributed by atoms with van der Waals surface area (Å²) in [4.78, 5) is 10.4. The molecule has 0 aromatic heterocycles. The summed E-state index contributed by atoms with van der Waals surface area (Å²) in [6, 6.07) is 3.55. The van der Waals surface area contributed by atoms with Gasteiger partial charge in [-0.05, 0) is 50.1 Å². The Morgan fingerprint density at radius 3 is 2.53 bits per heavy atom. The van der Waals surface area contributed by atoms with Crippen molar-refractivity contribution in [3.05, 3.63) is 32.7 Å². The fourth-order valence-corrected chi connectivity index (χ4v) is 1.70. The number of methoxy groups -OCH3 is 1. The lowest BCUT2D eigenvalue weighted by molar-refractivity contribution is -0.131. The maximum absolute atomic E-state index is 10.4. The van der Waals surface area contributed by atoms with E-state index >= 15 is 0 Å². The van der Waals surface area contributed by atoms with Crippen LogP contribution in [-0.4, -0.2) is 18.2 Å². The molecule has 80 valence electrons. The van der Waals surface area contributed by atoms with Crippen LogP contribution in [-0.2, 0) is 4.79 Å². The van der Waals surface area contributed by atoms with Gasteiger partial charge in [0.1, 0.15) is 5.75 Å². The van der Waals surface area contributed by atoms with Gasteiger partial charge in [0.2, 0.25) is 0 Å². The SMILES string of the molecule is COc1cc(Br)c(Br)cc1/C=C/C(=O)O. The lowest BCUT2D eigenvalue weighted by Gasteiger charge is -2.06. The fraction of sp³-hybridized carbons (Fsp3) is 0.100. The van der Waals surface area contributed by atoms with E-state index in [9.17, 15) is 4.79 Å². The Kier molecular flexibility index (Phi) is 4.35. The molecule has 0 amide bonds. The molecule has 0 heterocycles. The van der Waals surface area contributed by atoms with Crippen molar-refractivity contribution in [3.8, 4) is 5.75 Å². The highest BCUT2D eigenvalue weighted by Crippen LogP contribution is 2.31. The van der Waals surface area contributed by atoms with Crippen LogP contribution in [0, 0.1) is 0 Å². The van der Waals surface area contributed by atoms with Crippen molar-refractivity contribution in [2.75, 3.05) is 7.11 Å². The highest BCUT2D eigenvalue weighted by Gasteiger charge is 2.05. The van der Waals surface area contributed by atoms with E-state index in [1.807, 2.05) is 0 Å². The minimum absolute atomic E-state index is 0.613. The number of ether oxygens (including phenoxy) is 1. The van der Waals surface area contributed by atoms with E-state index in [0.29, 0.717) is 11.3 Å². The van der Waals surface area contributed by atoms with Crippen molar-refractivity contribution in [2.45, 2.75) is 0 Å². The molecule has 1 aromatic rings. The molecule has 0 atom stereocenters. The Morgan fingerprint density at radius 1 is 1.40 bits per heavy atom. The van der Waals surface area contributed by atoms with E-state index in [0.717, 1.165) is 15.0 Å². The monoisotopic (exact) mass is 334 g/mol. The van der Waals surface area contributed by atoms with Crippen molar-refractivity contribution in [1.29, 1.82) is 0 Å². The van der Waals surface area contributed by atoms with Gasteiger partial charge in [-0.1, -0.05) is 0 Å². The third-order valence-corrected chi connectivity index (χ3v) is 3.52. The standard InChI is InChI=1S/C10H8Br2O3/c1-15-9-5-8(12)7(11)4-6(9)2-3-10(13)14/h2-5H,1H3,(H,13,14)/b3-2+. The summed E-state index contributed by atoms with van der Waals surface area (Å²) in [5.41, 5.74) is 0.704. The molecule has 15 heavy (non-hydrogen) atoms. The summed E-state index contributed by atoms with van der Waals surface area (Å²) in [5, 5.41) is 8.51. The summed E-state index contributed by atoms with van der Waals surface area (Å²) < 4.78 is 6.81. The van der Waals surface area contributed by atoms with E-state index in [1.165, 1.54) is 13.2 Å². The third-order valence-electron chi connectivity index (χ3n) is 1.68. The topological polar surface area (TPSA) is 46.5 Å². The van der Waals surface area contributed by atoms with E-state index in [4.69, 9.17) is 9.84 Å². The molecule has 1 N–H and O–H groups in total. The van der Waals surface area contributed by atoms with Gasteiger partial charge in [0, 0.05) is 20.6 Å². The molecule has 0 unspecified atom stereocenters. The number of hydrogen-bond acceptors (Lipinski definition) is 2. The van der Waals surface area contributed by atoms with Crippen molar-refractivity contribution in [1.82, 2.24) is 0 Å². The van der Waals surface area contributed by atoms with E-state index < -0.39 is 5.97 Å². The highest BCUT2D eigenvalue weighted by molar-refractivity contribution is 9.13. The van der Waals surface area contributed by atoms with E-state index in [-0.39, 0.29) is 0 Å². The zero-order valence-electron chi connectivity index (χ0n) is 7.83. The third kappa shape index (κ3) is 3.35. The summed E-state index contributed by atoms with van der Waals surface area (Å²) >= 11 is 6.67. The Bertz CT molecular complexity index is 413. The molecule has 1 rings (SSSR count). The minimum atomic E-state index is -0.990. The van der Waals surface area contributed by atoms with E-state index in [1.54, 1.807) is 12.1 Å². The second-order valence-electron chi connectivity index (χ2n) is 2.68. The molecule has 3 nitrogen and oxygen atoms in total. The van der Waals surface area contributed by atoms with Crippen molar-refractivity contribution < 1.29 is 14.6 Å². The molecule has 0 aliphatic rings. The molecule has 0 radical (unpaired) electrons. The van der Waals surface area contributed by atoms with Crippen molar-refractivity contribution in [2.24, 2.45) is 0 Å². The van der Waals surface area contributed by atoms with Gasteiger partial charge >= 0.3 is 5.97 Å². The molecule has 0 saturated heterocycles. The van der Waals surface area contributed by atoms with Gasteiger partial charge in [-0.2, -0.15) is 0 Å². The largest absolute Gasteiger partial charge is 0.496 e. The second kappa shape index (κ2) is 5.32. The Balaban J connectivity index is 3.16. The minimum Gasteiger partial charge on any atom is -0.496 e. The Labute approximate surface area is 104 Å². The predicted octanol–water partition coefficient (Wildman–Crippen LogP) is 3.32. The number of benzene rings is 1. The Morgan fingerprint density at radius 2 is 2.00 bits per heavy atom. The molecule has 0 aliphatic carbocycles.